The van der Waals surface area contributed by atoms with Gasteiger partial charge < -0.3 is 24.6 Å². The summed E-state index contributed by atoms with van der Waals surface area (Å²) in [5, 5.41) is 11.8. The molecule has 7 nitrogen and oxygen atoms in total. The molecule has 0 aromatic heterocycles. The van der Waals surface area contributed by atoms with E-state index in [9.17, 15) is 14.7 Å². The molecule has 1 aromatic rings. The molecule has 1 unspecified atom stereocenters. The van der Waals surface area contributed by atoms with Crippen LogP contribution in [-0.4, -0.2) is 42.5 Å². The van der Waals surface area contributed by atoms with Crippen LogP contribution >= 0.6 is 0 Å². The Morgan fingerprint density at radius 1 is 1.25 bits per heavy atom. The van der Waals surface area contributed by atoms with Crippen molar-refractivity contribution in [3.05, 3.63) is 23.8 Å². The summed E-state index contributed by atoms with van der Waals surface area (Å²) < 4.78 is 15.4. The van der Waals surface area contributed by atoms with Gasteiger partial charge in [0.1, 0.15) is 0 Å². The Kier molecular flexibility index (Phi) is 2.98. The first-order valence-corrected chi connectivity index (χ1v) is 6.14. The van der Waals surface area contributed by atoms with Gasteiger partial charge >= 0.3 is 5.97 Å². The molecule has 1 saturated heterocycles. The minimum Gasteiger partial charge on any atom is -0.479 e. The third-order valence-corrected chi connectivity index (χ3v) is 3.42. The van der Waals surface area contributed by atoms with Crippen LogP contribution in [0.3, 0.4) is 0 Å². The predicted octanol–water partition coefficient (Wildman–Crippen LogP) is 0.389. The van der Waals surface area contributed by atoms with E-state index in [1.54, 1.807) is 12.1 Å². The van der Waals surface area contributed by atoms with E-state index < -0.39 is 17.4 Å². The zero-order chi connectivity index (χ0) is 14.2. The lowest BCUT2D eigenvalue weighted by atomic mass is 9.98. The van der Waals surface area contributed by atoms with Gasteiger partial charge in [0.15, 0.2) is 17.0 Å². The Morgan fingerprint density at radius 3 is 2.75 bits per heavy atom. The van der Waals surface area contributed by atoms with Crippen LogP contribution in [0.5, 0.6) is 11.5 Å². The van der Waals surface area contributed by atoms with E-state index in [-0.39, 0.29) is 19.8 Å². The second kappa shape index (κ2) is 4.68. The first-order valence-electron chi connectivity index (χ1n) is 6.14. The molecule has 1 fully saturated rings. The van der Waals surface area contributed by atoms with Crippen molar-refractivity contribution in [1.82, 2.24) is 5.32 Å². The number of rotatable bonds is 3. The Labute approximate surface area is 114 Å². The Morgan fingerprint density at radius 2 is 2.05 bits per heavy atom. The van der Waals surface area contributed by atoms with E-state index in [1.165, 1.54) is 6.07 Å². The standard InChI is InChI=1S/C13H13NO6/c15-11(14-13(12(16)17)3-4-18-6-13)8-1-2-9-10(5-8)20-7-19-9/h1-2,5H,3-4,6-7H2,(H,14,15)(H,16,17). The lowest BCUT2D eigenvalue weighted by Gasteiger charge is -2.23. The molecule has 0 radical (unpaired) electrons. The molecule has 7 heteroatoms. The minimum absolute atomic E-state index is 0.0291. The summed E-state index contributed by atoms with van der Waals surface area (Å²) >= 11 is 0. The summed E-state index contributed by atoms with van der Waals surface area (Å²) in [6.45, 7) is 0.402. The number of carboxylic acids is 1. The Bertz CT molecular complexity index is 564. The number of carboxylic acid groups (broad SMARTS) is 1. The molecule has 3 rings (SSSR count). The molecule has 2 aliphatic rings. The second-order valence-corrected chi connectivity index (χ2v) is 4.71. The number of fused-ring (bicyclic) bond motifs is 1. The Hall–Kier alpha value is -2.28. The molecule has 106 valence electrons. The highest BCUT2D eigenvalue weighted by Crippen LogP contribution is 2.32. The van der Waals surface area contributed by atoms with E-state index in [4.69, 9.17) is 14.2 Å². The van der Waals surface area contributed by atoms with Gasteiger partial charge in [0, 0.05) is 18.6 Å². The number of hydrogen-bond donors (Lipinski definition) is 2. The number of benzene rings is 1. The van der Waals surface area contributed by atoms with Gasteiger partial charge in [0.05, 0.1) is 6.61 Å². The number of carbonyl (C=O) groups is 2. The Balaban J connectivity index is 1.80. The fourth-order valence-electron chi connectivity index (χ4n) is 2.21. The quantitative estimate of drug-likeness (QED) is 0.831. The predicted molar refractivity (Wildman–Crippen MR) is 65.8 cm³/mol. The molecule has 1 aromatic carbocycles. The summed E-state index contributed by atoms with van der Waals surface area (Å²) in [5.41, 5.74) is -1.03. The summed E-state index contributed by atoms with van der Waals surface area (Å²) in [6, 6.07) is 4.72. The molecule has 0 bridgehead atoms. The SMILES string of the molecule is O=C(NC1(C(=O)O)CCOC1)c1ccc2c(c1)OCO2. The summed E-state index contributed by atoms with van der Waals surface area (Å²) in [6.07, 6.45) is 0.249. The average Bonchev–Trinajstić information content (AvgIpc) is 3.06. The van der Waals surface area contributed by atoms with Crippen LogP contribution in [0.25, 0.3) is 0 Å². The van der Waals surface area contributed by atoms with E-state index in [1.807, 2.05) is 0 Å². The van der Waals surface area contributed by atoms with E-state index in [0.717, 1.165) is 0 Å². The molecule has 0 aliphatic carbocycles. The van der Waals surface area contributed by atoms with Gasteiger partial charge in [0.25, 0.3) is 5.91 Å². The number of hydrogen-bond acceptors (Lipinski definition) is 5. The highest BCUT2D eigenvalue weighted by molar-refractivity contribution is 5.98. The van der Waals surface area contributed by atoms with Gasteiger partial charge in [-0.1, -0.05) is 0 Å². The van der Waals surface area contributed by atoms with E-state index >= 15 is 0 Å². The van der Waals surface area contributed by atoms with Crippen molar-refractivity contribution in [3.63, 3.8) is 0 Å². The summed E-state index contributed by atoms with van der Waals surface area (Å²) in [4.78, 5) is 23.5. The largest absolute Gasteiger partial charge is 0.479 e. The molecular formula is C13H13NO6. The fraction of sp³-hybridized carbons (Fsp3) is 0.385. The van der Waals surface area contributed by atoms with Crippen molar-refractivity contribution in [1.29, 1.82) is 0 Å². The van der Waals surface area contributed by atoms with Crippen LogP contribution in [0.2, 0.25) is 0 Å². The van der Waals surface area contributed by atoms with Crippen molar-refractivity contribution in [2.75, 3.05) is 20.0 Å². The number of amides is 1. The molecular weight excluding hydrogens is 266 g/mol. The smallest absolute Gasteiger partial charge is 0.331 e. The minimum atomic E-state index is -1.35. The third kappa shape index (κ3) is 2.05. The van der Waals surface area contributed by atoms with Crippen LogP contribution in [0.1, 0.15) is 16.8 Å². The van der Waals surface area contributed by atoms with Crippen LogP contribution in [0.15, 0.2) is 18.2 Å². The van der Waals surface area contributed by atoms with Gasteiger partial charge in [-0.05, 0) is 18.2 Å². The van der Waals surface area contributed by atoms with E-state index in [2.05, 4.69) is 5.32 Å². The fourth-order valence-corrected chi connectivity index (χ4v) is 2.21. The zero-order valence-corrected chi connectivity index (χ0v) is 10.5. The normalized spacial score (nSPS) is 23.6. The van der Waals surface area contributed by atoms with Crippen molar-refractivity contribution in [3.8, 4) is 11.5 Å². The molecule has 2 aliphatic heterocycles. The highest BCUT2D eigenvalue weighted by atomic mass is 16.7. The number of aliphatic carboxylic acids is 1. The van der Waals surface area contributed by atoms with Crippen LogP contribution in [0, 0.1) is 0 Å². The van der Waals surface area contributed by atoms with Gasteiger partial charge in [-0.2, -0.15) is 0 Å². The number of nitrogens with one attached hydrogen (secondary N) is 1. The maximum atomic E-state index is 12.2. The van der Waals surface area contributed by atoms with E-state index in [0.29, 0.717) is 23.7 Å². The topological polar surface area (TPSA) is 94.1 Å². The zero-order valence-electron chi connectivity index (χ0n) is 10.5. The maximum Gasteiger partial charge on any atom is 0.331 e. The lowest BCUT2D eigenvalue weighted by molar-refractivity contribution is -0.144. The number of ether oxygens (including phenoxy) is 3. The molecule has 0 spiro atoms. The molecule has 2 N–H and O–H groups in total. The van der Waals surface area contributed by atoms with Crippen LogP contribution in [-0.2, 0) is 9.53 Å². The van der Waals surface area contributed by atoms with Crippen molar-refractivity contribution < 1.29 is 28.9 Å². The second-order valence-electron chi connectivity index (χ2n) is 4.71. The average molecular weight is 279 g/mol. The van der Waals surface area contributed by atoms with Gasteiger partial charge in [0.2, 0.25) is 6.79 Å². The molecule has 1 amide bonds. The van der Waals surface area contributed by atoms with Gasteiger partial charge in [-0.15, -0.1) is 0 Å². The molecule has 20 heavy (non-hydrogen) atoms. The lowest BCUT2D eigenvalue weighted by Crippen LogP contribution is -2.55. The number of carbonyl (C=O) groups excluding carboxylic acids is 1. The molecule has 1 atom stereocenters. The monoisotopic (exact) mass is 279 g/mol. The first-order chi connectivity index (χ1) is 9.61. The highest BCUT2D eigenvalue weighted by Gasteiger charge is 2.44. The van der Waals surface area contributed by atoms with Gasteiger partial charge in [-0.3, -0.25) is 4.79 Å². The first kappa shape index (κ1) is 12.7. The van der Waals surface area contributed by atoms with Crippen LogP contribution in [0.4, 0.5) is 0 Å². The molecule has 2 heterocycles. The van der Waals surface area contributed by atoms with Crippen molar-refractivity contribution in [2.45, 2.75) is 12.0 Å². The summed E-state index contributed by atoms with van der Waals surface area (Å²) in [7, 11) is 0. The maximum absolute atomic E-state index is 12.2. The summed E-state index contributed by atoms with van der Waals surface area (Å²) in [5.74, 6) is -0.524. The van der Waals surface area contributed by atoms with Gasteiger partial charge in [-0.25, -0.2) is 4.79 Å². The molecule has 0 saturated carbocycles. The van der Waals surface area contributed by atoms with Crippen molar-refractivity contribution >= 4 is 11.9 Å². The van der Waals surface area contributed by atoms with Crippen LogP contribution < -0.4 is 14.8 Å². The third-order valence-electron chi connectivity index (χ3n) is 3.42. The van der Waals surface area contributed by atoms with Crippen molar-refractivity contribution in [2.24, 2.45) is 0 Å².